The van der Waals surface area contributed by atoms with E-state index in [2.05, 4.69) is 5.10 Å². The third-order valence-corrected chi connectivity index (χ3v) is 2.66. The van der Waals surface area contributed by atoms with Crippen LogP contribution in [0.5, 0.6) is 0 Å². The zero-order valence-corrected chi connectivity index (χ0v) is 11.9. The normalized spacial score (nSPS) is 11.4. The highest BCUT2D eigenvalue weighted by molar-refractivity contribution is 6.42. The lowest BCUT2D eigenvalue weighted by molar-refractivity contribution is -0.129. The molecule has 19 heavy (non-hydrogen) atoms. The number of ketones is 1. The third kappa shape index (κ3) is 4.17. The van der Waals surface area contributed by atoms with Crippen LogP contribution in [0.25, 0.3) is 0 Å². The van der Waals surface area contributed by atoms with Gasteiger partial charge in [0.1, 0.15) is 0 Å². The highest BCUT2D eigenvalue weighted by Crippen LogP contribution is 2.08. The van der Waals surface area contributed by atoms with Gasteiger partial charge in [-0.1, -0.05) is 0 Å². The van der Waals surface area contributed by atoms with Crippen LogP contribution in [0.1, 0.15) is 38.1 Å². The van der Waals surface area contributed by atoms with Crippen LogP contribution < -0.4 is 0 Å². The largest absolute Gasteiger partial charge is 0.389 e. The van der Waals surface area contributed by atoms with Crippen molar-refractivity contribution in [2.24, 2.45) is 0 Å². The Hall–Kier alpha value is -1.69. The molecule has 0 aliphatic heterocycles. The summed E-state index contributed by atoms with van der Waals surface area (Å²) in [4.78, 5) is 25.5. The molecule has 6 nitrogen and oxygen atoms in total. The summed E-state index contributed by atoms with van der Waals surface area (Å²) >= 11 is 0. The maximum absolute atomic E-state index is 12.1. The van der Waals surface area contributed by atoms with E-state index >= 15 is 0 Å². The van der Waals surface area contributed by atoms with Crippen LogP contribution >= 0.6 is 0 Å². The number of Topliss-reactive ketones (excluding diaryl/α,β-unsaturated/α-hetero) is 1. The van der Waals surface area contributed by atoms with Gasteiger partial charge in [-0.25, -0.2) is 0 Å². The van der Waals surface area contributed by atoms with Crippen molar-refractivity contribution in [1.29, 1.82) is 0 Å². The molecule has 0 aromatic carbocycles. The standard InChI is InChI=1S/C13H21N3O3/c1-5-15(9-13(3,4)19)12(18)11(17)10-7-14-16(6-2)8-10/h7-8,19H,5-6,9H2,1-4H3. The van der Waals surface area contributed by atoms with Gasteiger partial charge in [-0.2, -0.15) is 5.10 Å². The molecule has 1 rings (SSSR count). The second-order valence-electron chi connectivity index (χ2n) is 5.05. The minimum Gasteiger partial charge on any atom is -0.389 e. The molecule has 1 N–H and O–H groups in total. The molecule has 0 aliphatic rings. The number of aromatic nitrogens is 2. The molecule has 1 heterocycles. The maximum atomic E-state index is 12.1. The van der Waals surface area contributed by atoms with E-state index in [0.717, 1.165) is 0 Å². The Morgan fingerprint density at radius 2 is 2.05 bits per heavy atom. The lowest BCUT2D eigenvalue weighted by Gasteiger charge is -2.27. The average molecular weight is 267 g/mol. The number of likely N-dealkylation sites (N-methyl/N-ethyl adjacent to an activating group) is 1. The number of carbonyl (C=O) groups excluding carboxylic acids is 2. The van der Waals surface area contributed by atoms with Gasteiger partial charge < -0.3 is 10.0 Å². The quantitative estimate of drug-likeness (QED) is 0.608. The molecule has 0 saturated heterocycles. The number of aryl methyl sites for hydroxylation is 1. The first-order valence-corrected chi connectivity index (χ1v) is 6.37. The summed E-state index contributed by atoms with van der Waals surface area (Å²) in [5.41, 5.74) is -0.749. The number of aliphatic hydroxyl groups is 1. The Morgan fingerprint density at radius 1 is 1.42 bits per heavy atom. The molecule has 1 aromatic rings. The molecular formula is C13H21N3O3. The molecule has 1 amide bonds. The summed E-state index contributed by atoms with van der Waals surface area (Å²) in [6.07, 6.45) is 2.94. The molecule has 0 aliphatic carbocycles. The molecule has 0 atom stereocenters. The van der Waals surface area contributed by atoms with Gasteiger partial charge in [0.15, 0.2) is 0 Å². The topological polar surface area (TPSA) is 75.4 Å². The van der Waals surface area contributed by atoms with Crippen LogP contribution in [0, 0.1) is 0 Å². The van der Waals surface area contributed by atoms with E-state index in [0.29, 0.717) is 13.1 Å². The SMILES string of the molecule is CCN(CC(C)(C)O)C(=O)C(=O)c1cnn(CC)c1. The number of carbonyl (C=O) groups is 2. The summed E-state index contributed by atoms with van der Waals surface area (Å²) in [6.45, 7) is 8.00. The zero-order chi connectivity index (χ0) is 14.6. The van der Waals surface area contributed by atoms with Gasteiger partial charge in [0.2, 0.25) is 0 Å². The first-order valence-electron chi connectivity index (χ1n) is 6.37. The van der Waals surface area contributed by atoms with Crippen molar-refractivity contribution >= 4 is 11.7 Å². The van der Waals surface area contributed by atoms with Gasteiger partial charge in [0, 0.05) is 25.8 Å². The van der Waals surface area contributed by atoms with Gasteiger partial charge >= 0.3 is 0 Å². The van der Waals surface area contributed by atoms with Crippen LogP contribution in [0.15, 0.2) is 12.4 Å². The molecule has 0 bridgehead atoms. The molecule has 0 radical (unpaired) electrons. The van der Waals surface area contributed by atoms with Crippen molar-refractivity contribution in [3.63, 3.8) is 0 Å². The van der Waals surface area contributed by atoms with Crippen LogP contribution in [0.4, 0.5) is 0 Å². The fourth-order valence-electron chi connectivity index (χ4n) is 1.72. The highest BCUT2D eigenvalue weighted by atomic mass is 16.3. The molecule has 0 fully saturated rings. The van der Waals surface area contributed by atoms with Crippen molar-refractivity contribution in [1.82, 2.24) is 14.7 Å². The van der Waals surface area contributed by atoms with Crippen molar-refractivity contribution < 1.29 is 14.7 Å². The molecule has 0 unspecified atom stereocenters. The molecule has 0 saturated carbocycles. The smallest absolute Gasteiger partial charge is 0.295 e. The molecule has 6 heteroatoms. The van der Waals surface area contributed by atoms with Crippen LogP contribution in [-0.4, -0.2) is 50.2 Å². The van der Waals surface area contributed by atoms with Crippen molar-refractivity contribution in [3.8, 4) is 0 Å². The van der Waals surface area contributed by atoms with E-state index in [1.165, 1.54) is 11.1 Å². The lowest BCUT2D eigenvalue weighted by atomic mass is 10.1. The number of hydrogen-bond donors (Lipinski definition) is 1. The Kier molecular flexibility index (Phi) is 4.83. The first-order chi connectivity index (χ1) is 8.78. The van der Waals surface area contributed by atoms with Crippen molar-refractivity contribution in [2.75, 3.05) is 13.1 Å². The van der Waals surface area contributed by atoms with E-state index < -0.39 is 17.3 Å². The highest BCUT2D eigenvalue weighted by Gasteiger charge is 2.27. The van der Waals surface area contributed by atoms with Gasteiger partial charge in [-0.05, 0) is 27.7 Å². The van der Waals surface area contributed by atoms with Crippen LogP contribution in [0.3, 0.4) is 0 Å². The molecule has 106 valence electrons. The van der Waals surface area contributed by atoms with Gasteiger partial charge in [0.05, 0.1) is 17.4 Å². The summed E-state index contributed by atoms with van der Waals surface area (Å²) < 4.78 is 1.59. The fraction of sp³-hybridized carbons (Fsp3) is 0.615. The second-order valence-corrected chi connectivity index (χ2v) is 5.05. The summed E-state index contributed by atoms with van der Waals surface area (Å²) in [6, 6.07) is 0. The van der Waals surface area contributed by atoms with Gasteiger partial charge in [-0.3, -0.25) is 14.3 Å². The number of nitrogens with zero attached hydrogens (tertiary/aromatic N) is 3. The Balaban J connectivity index is 2.82. The van der Waals surface area contributed by atoms with Crippen molar-refractivity contribution in [3.05, 3.63) is 18.0 Å². The van der Waals surface area contributed by atoms with Crippen LogP contribution in [-0.2, 0) is 11.3 Å². The number of amides is 1. The van der Waals surface area contributed by atoms with E-state index in [4.69, 9.17) is 0 Å². The maximum Gasteiger partial charge on any atom is 0.295 e. The molecule has 1 aromatic heterocycles. The lowest BCUT2D eigenvalue weighted by Crippen LogP contribution is -2.44. The Labute approximate surface area is 113 Å². The van der Waals surface area contributed by atoms with Crippen molar-refractivity contribution in [2.45, 2.75) is 39.8 Å². The minimum atomic E-state index is -1.03. The third-order valence-electron chi connectivity index (χ3n) is 2.66. The number of hydrogen-bond acceptors (Lipinski definition) is 4. The average Bonchev–Trinajstić information content (AvgIpc) is 2.81. The van der Waals surface area contributed by atoms with E-state index in [1.807, 2.05) is 6.92 Å². The Bertz CT molecular complexity index is 460. The number of rotatable bonds is 6. The fourth-order valence-corrected chi connectivity index (χ4v) is 1.72. The second kappa shape index (κ2) is 5.97. The predicted molar refractivity (Wildman–Crippen MR) is 70.8 cm³/mol. The first kappa shape index (κ1) is 15.4. The minimum absolute atomic E-state index is 0.121. The summed E-state index contributed by atoms with van der Waals surface area (Å²) in [7, 11) is 0. The van der Waals surface area contributed by atoms with Crippen LogP contribution in [0.2, 0.25) is 0 Å². The Morgan fingerprint density at radius 3 is 2.47 bits per heavy atom. The summed E-state index contributed by atoms with van der Waals surface area (Å²) in [5.74, 6) is -1.20. The monoisotopic (exact) mass is 267 g/mol. The van der Waals surface area contributed by atoms with E-state index in [9.17, 15) is 14.7 Å². The van der Waals surface area contributed by atoms with E-state index in [-0.39, 0.29) is 12.1 Å². The molecule has 0 spiro atoms. The zero-order valence-electron chi connectivity index (χ0n) is 11.9. The summed E-state index contributed by atoms with van der Waals surface area (Å²) in [5, 5.41) is 13.7. The molecular weight excluding hydrogens is 246 g/mol. The predicted octanol–water partition coefficient (Wildman–Crippen LogP) is 0.705. The van der Waals surface area contributed by atoms with Gasteiger partial charge in [0.25, 0.3) is 11.7 Å². The van der Waals surface area contributed by atoms with Gasteiger partial charge in [-0.15, -0.1) is 0 Å². The van der Waals surface area contributed by atoms with E-state index in [1.54, 1.807) is 31.6 Å².